The Labute approximate surface area is 225 Å². The second-order valence-corrected chi connectivity index (χ2v) is 11.7. The van der Waals surface area contributed by atoms with Crippen LogP contribution in [0, 0.1) is 12.8 Å². The molecule has 1 aliphatic rings. The van der Waals surface area contributed by atoms with Gasteiger partial charge in [-0.05, 0) is 46.9 Å². The molecule has 2 heterocycles. The van der Waals surface area contributed by atoms with Crippen LogP contribution in [-0.4, -0.2) is 27.2 Å². The minimum Gasteiger partial charge on any atom is -0.392 e. The van der Waals surface area contributed by atoms with Gasteiger partial charge in [0.2, 0.25) is 0 Å². The standard InChI is InChI=1S/C29H31N3O3S2/c1-18-26(17-36-29-32-31-19(2)37-29)34-28(35-27(18)22-11-9-20(16-33)10-12-22)25-8-4-7-24(14-25)23-6-3-5-21(13-23)15-30/h3-14,18,26-28,33H,15-17,30H2,1-2H3/t18-,26+,27+,28+/m0/s1. The highest BCUT2D eigenvalue weighted by Crippen LogP contribution is 2.43. The van der Waals surface area contributed by atoms with E-state index in [1.165, 1.54) is 0 Å². The van der Waals surface area contributed by atoms with E-state index in [4.69, 9.17) is 15.2 Å². The lowest BCUT2D eigenvalue weighted by molar-refractivity contribution is -0.268. The number of hydrogen-bond donors (Lipinski definition) is 2. The first-order chi connectivity index (χ1) is 18.0. The number of rotatable bonds is 8. The predicted octanol–water partition coefficient (Wildman–Crippen LogP) is 6.05. The van der Waals surface area contributed by atoms with Gasteiger partial charge in [0.05, 0.1) is 18.8 Å². The average molecular weight is 534 g/mol. The molecule has 1 aromatic heterocycles. The summed E-state index contributed by atoms with van der Waals surface area (Å²) in [5, 5.41) is 18.9. The van der Waals surface area contributed by atoms with Gasteiger partial charge in [-0.15, -0.1) is 10.2 Å². The van der Waals surface area contributed by atoms with E-state index >= 15 is 0 Å². The van der Waals surface area contributed by atoms with Gasteiger partial charge in [-0.1, -0.05) is 90.7 Å². The molecule has 0 amide bonds. The van der Waals surface area contributed by atoms with E-state index < -0.39 is 6.29 Å². The minimum absolute atomic E-state index is 0.0196. The zero-order valence-electron chi connectivity index (χ0n) is 20.9. The summed E-state index contributed by atoms with van der Waals surface area (Å²) >= 11 is 3.28. The summed E-state index contributed by atoms with van der Waals surface area (Å²) in [6.07, 6.45) is -0.727. The van der Waals surface area contributed by atoms with Crippen LogP contribution >= 0.6 is 23.1 Å². The van der Waals surface area contributed by atoms with E-state index in [-0.39, 0.29) is 24.7 Å². The number of aryl methyl sites for hydroxylation is 1. The Bertz CT molecular complexity index is 1330. The highest BCUT2D eigenvalue weighted by molar-refractivity contribution is 8.01. The van der Waals surface area contributed by atoms with Gasteiger partial charge in [-0.25, -0.2) is 0 Å². The lowest BCUT2D eigenvalue weighted by atomic mass is 9.91. The number of aliphatic hydroxyl groups excluding tert-OH is 1. The molecule has 4 aromatic rings. The maximum Gasteiger partial charge on any atom is 0.184 e. The van der Waals surface area contributed by atoms with Crippen LogP contribution in [0.15, 0.2) is 77.1 Å². The van der Waals surface area contributed by atoms with Gasteiger partial charge in [0, 0.05) is 23.8 Å². The Morgan fingerprint density at radius 1 is 0.919 bits per heavy atom. The van der Waals surface area contributed by atoms with Gasteiger partial charge in [0.15, 0.2) is 10.6 Å². The third kappa shape index (κ3) is 6.12. The third-order valence-corrected chi connectivity index (χ3v) is 8.72. The summed E-state index contributed by atoms with van der Waals surface area (Å²) in [5.74, 6) is 0.862. The van der Waals surface area contributed by atoms with E-state index in [1.807, 2.05) is 49.4 Å². The number of thioether (sulfide) groups is 1. The predicted molar refractivity (Wildman–Crippen MR) is 148 cm³/mol. The van der Waals surface area contributed by atoms with Crippen molar-refractivity contribution >= 4 is 23.1 Å². The van der Waals surface area contributed by atoms with Crippen molar-refractivity contribution in [1.82, 2.24) is 10.2 Å². The molecule has 1 aliphatic heterocycles. The quantitative estimate of drug-likeness (QED) is 0.267. The highest BCUT2D eigenvalue weighted by Gasteiger charge is 2.38. The molecule has 1 saturated heterocycles. The zero-order valence-corrected chi connectivity index (χ0v) is 22.5. The largest absolute Gasteiger partial charge is 0.392 e. The summed E-state index contributed by atoms with van der Waals surface area (Å²) in [7, 11) is 0. The normalized spacial score (nSPS) is 21.7. The van der Waals surface area contributed by atoms with Crippen LogP contribution < -0.4 is 5.73 Å². The van der Waals surface area contributed by atoms with Crippen LogP contribution in [0.5, 0.6) is 0 Å². The molecule has 192 valence electrons. The van der Waals surface area contributed by atoms with E-state index in [0.29, 0.717) is 6.54 Å². The molecule has 5 rings (SSSR count). The van der Waals surface area contributed by atoms with Crippen molar-refractivity contribution in [2.45, 2.75) is 49.8 Å². The van der Waals surface area contributed by atoms with Gasteiger partial charge >= 0.3 is 0 Å². The molecule has 0 unspecified atom stereocenters. The molecule has 0 radical (unpaired) electrons. The van der Waals surface area contributed by atoms with Crippen molar-refractivity contribution in [2.75, 3.05) is 5.75 Å². The van der Waals surface area contributed by atoms with Crippen LogP contribution in [0.1, 0.15) is 46.6 Å². The Morgan fingerprint density at radius 2 is 1.68 bits per heavy atom. The fourth-order valence-electron chi connectivity index (χ4n) is 4.54. The molecule has 3 N–H and O–H groups in total. The summed E-state index contributed by atoms with van der Waals surface area (Å²) in [5.41, 5.74) is 12.1. The fourth-order valence-corrected chi connectivity index (χ4v) is 6.55. The van der Waals surface area contributed by atoms with Gasteiger partial charge in [-0.2, -0.15) is 0 Å². The van der Waals surface area contributed by atoms with E-state index in [2.05, 4.69) is 47.5 Å². The average Bonchev–Trinajstić information content (AvgIpc) is 3.37. The topological polar surface area (TPSA) is 90.5 Å². The van der Waals surface area contributed by atoms with Gasteiger partial charge in [-0.3, -0.25) is 0 Å². The molecule has 4 atom stereocenters. The number of nitrogens with two attached hydrogens (primary N) is 1. The third-order valence-electron chi connectivity index (χ3n) is 6.66. The van der Waals surface area contributed by atoms with Gasteiger partial charge in [0.1, 0.15) is 5.01 Å². The Hall–Kier alpha value is -2.59. The summed E-state index contributed by atoms with van der Waals surface area (Å²) in [6.45, 7) is 4.66. The molecule has 37 heavy (non-hydrogen) atoms. The lowest BCUT2D eigenvalue weighted by Gasteiger charge is -2.41. The molecular weight excluding hydrogens is 502 g/mol. The van der Waals surface area contributed by atoms with Crippen molar-refractivity contribution in [3.63, 3.8) is 0 Å². The lowest BCUT2D eigenvalue weighted by Crippen LogP contribution is -2.38. The zero-order chi connectivity index (χ0) is 25.8. The van der Waals surface area contributed by atoms with E-state index in [1.54, 1.807) is 23.1 Å². The Balaban J connectivity index is 1.43. The van der Waals surface area contributed by atoms with Crippen LogP contribution in [0.2, 0.25) is 0 Å². The smallest absolute Gasteiger partial charge is 0.184 e. The first kappa shape index (κ1) is 26.0. The SMILES string of the molecule is Cc1nnc(SC[C@H]2O[C@@H](c3cccc(-c4cccc(CN)c4)c3)O[C@@H](c3ccc(CO)cc3)[C@H]2C)s1. The molecule has 0 saturated carbocycles. The maximum absolute atomic E-state index is 9.49. The van der Waals surface area contributed by atoms with Crippen molar-refractivity contribution < 1.29 is 14.6 Å². The van der Waals surface area contributed by atoms with Gasteiger partial charge in [0.25, 0.3) is 0 Å². The monoisotopic (exact) mass is 533 g/mol. The summed E-state index contributed by atoms with van der Waals surface area (Å²) in [6, 6.07) is 24.6. The fraction of sp³-hybridized carbons (Fsp3) is 0.310. The first-order valence-electron chi connectivity index (χ1n) is 12.4. The number of benzene rings is 3. The number of aromatic nitrogens is 2. The Morgan fingerprint density at radius 3 is 2.38 bits per heavy atom. The highest BCUT2D eigenvalue weighted by atomic mass is 32.2. The van der Waals surface area contributed by atoms with Gasteiger partial charge < -0.3 is 20.3 Å². The van der Waals surface area contributed by atoms with Crippen LogP contribution in [0.25, 0.3) is 11.1 Å². The maximum atomic E-state index is 9.49. The van der Waals surface area contributed by atoms with E-state index in [0.717, 1.165) is 48.5 Å². The molecule has 0 aliphatic carbocycles. The van der Waals surface area contributed by atoms with Crippen molar-refractivity contribution in [3.8, 4) is 11.1 Å². The van der Waals surface area contributed by atoms with Crippen molar-refractivity contribution in [2.24, 2.45) is 11.7 Å². The Kier molecular flexibility index (Phi) is 8.34. The molecule has 6 nitrogen and oxygen atoms in total. The molecule has 0 bridgehead atoms. The molecule has 3 aromatic carbocycles. The second kappa shape index (κ2) is 11.9. The first-order valence-corrected chi connectivity index (χ1v) is 14.2. The number of aliphatic hydroxyl groups is 1. The number of nitrogens with zero attached hydrogens (tertiary/aromatic N) is 2. The molecule has 8 heteroatoms. The number of ether oxygens (including phenoxy) is 2. The molecule has 1 fully saturated rings. The van der Waals surface area contributed by atoms with Crippen molar-refractivity contribution in [3.05, 3.63) is 100 Å². The van der Waals surface area contributed by atoms with Crippen LogP contribution in [-0.2, 0) is 22.6 Å². The number of hydrogen-bond acceptors (Lipinski definition) is 8. The molecule has 0 spiro atoms. The minimum atomic E-state index is -0.516. The summed E-state index contributed by atoms with van der Waals surface area (Å²) in [4.78, 5) is 0. The summed E-state index contributed by atoms with van der Waals surface area (Å²) < 4.78 is 14.2. The second-order valence-electron chi connectivity index (χ2n) is 9.25. The van der Waals surface area contributed by atoms with Crippen LogP contribution in [0.4, 0.5) is 0 Å². The van der Waals surface area contributed by atoms with Crippen molar-refractivity contribution in [1.29, 1.82) is 0 Å². The van der Waals surface area contributed by atoms with Crippen LogP contribution in [0.3, 0.4) is 0 Å². The molecular formula is C29H31N3O3S2. The van der Waals surface area contributed by atoms with E-state index in [9.17, 15) is 5.11 Å².